The molecule has 0 saturated heterocycles. The summed E-state index contributed by atoms with van der Waals surface area (Å²) < 4.78 is 6.54. The van der Waals surface area contributed by atoms with Crippen molar-refractivity contribution in [3.63, 3.8) is 0 Å². The molecule has 54 heavy (non-hydrogen) atoms. The smallest absolute Gasteiger partial charge is 0.160 e. The summed E-state index contributed by atoms with van der Waals surface area (Å²) in [4.78, 5) is 10.7. The normalized spacial score (nSPS) is 12.0. The van der Waals surface area contributed by atoms with Gasteiger partial charge < -0.3 is 4.42 Å². The Morgan fingerprint density at radius 3 is 1.78 bits per heavy atom. The molecule has 0 amide bonds. The Hall–Kier alpha value is -7.06. The van der Waals surface area contributed by atoms with Crippen LogP contribution in [-0.2, 0) is 0 Å². The van der Waals surface area contributed by atoms with Crippen molar-refractivity contribution in [2.24, 2.45) is 9.98 Å². The third kappa shape index (κ3) is 6.24. The molecule has 0 spiro atoms. The molecule has 1 aromatic heterocycles. The Balaban J connectivity index is 1.23. The van der Waals surface area contributed by atoms with Gasteiger partial charge in [0.25, 0.3) is 0 Å². The van der Waals surface area contributed by atoms with Gasteiger partial charge in [0.05, 0.1) is 0 Å². The second kappa shape index (κ2) is 14.2. The quantitative estimate of drug-likeness (QED) is 0.0971. The third-order valence-electron chi connectivity index (χ3n) is 10.0. The molecule has 8 aromatic carbocycles. The Morgan fingerprint density at radius 2 is 1.07 bits per heavy atom. The summed E-state index contributed by atoms with van der Waals surface area (Å²) in [5.41, 5.74) is 14.2. The van der Waals surface area contributed by atoms with Crippen molar-refractivity contribution in [3.05, 3.63) is 204 Å². The van der Waals surface area contributed by atoms with Gasteiger partial charge in [-0.25, -0.2) is 9.98 Å². The molecular formula is C51H36N2O. The van der Waals surface area contributed by atoms with Crippen molar-refractivity contribution in [2.45, 2.75) is 13.8 Å². The summed E-state index contributed by atoms with van der Waals surface area (Å²) in [5, 5.41) is 6.71. The van der Waals surface area contributed by atoms with Gasteiger partial charge in [0.2, 0.25) is 0 Å². The van der Waals surface area contributed by atoms with Gasteiger partial charge >= 0.3 is 0 Å². The molecule has 0 unspecified atom stereocenters. The highest BCUT2D eigenvalue weighted by atomic mass is 16.3. The fourth-order valence-electron chi connectivity index (χ4n) is 7.31. The van der Waals surface area contributed by atoms with Crippen LogP contribution >= 0.6 is 0 Å². The van der Waals surface area contributed by atoms with Crippen LogP contribution in [0.25, 0.3) is 71.4 Å². The van der Waals surface area contributed by atoms with Crippen molar-refractivity contribution in [2.75, 3.05) is 0 Å². The number of fused-ring (bicyclic) bond motifs is 5. The lowest BCUT2D eigenvalue weighted by Crippen LogP contribution is -2.04. The van der Waals surface area contributed by atoms with Crippen LogP contribution in [0, 0.1) is 0 Å². The first-order valence-corrected chi connectivity index (χ1v) is 18.3. The number of hydrogen-bond donors (Lipinski definition) is 0. The molecule has 1 heterocycles. The zero-order valence-corrected chi connectivity index (χ0v) is 30.1. The number of benzene rings is 8. The molecule has 0 aliphatic heterocycles. The van der Waals surface area contributed by atoms with Gasteiger partial charge in [-0.2, -0.15) is 0 Å². The minimum Gasteiger partial charge on any atom is -0.456 e. The van der Waals surface area contributed by atoms with E-state index < -0.39 is 0 Å². The van der Waals surface area contributed by atoms with Gasteiger partial charge in [-0.15, -0.1) is 0 Å². The maximum Gasteiger partial charge on any atom is 0.160 e. The molecule has 9 rings (SSSR count). The van der Waals surface area contributed by atoms with Gasteiger partial charge in [-0.1, -0.05) is 157 Å². The van der Waals surface area contributed by atoms with E-state index in [1.54, 1.807) is 0 Å². The van der Waals surface area contributed by atoms with Crippen molar-refractivity contribution in [1.29, 1.82) is 0 Å². The number of hydrogen-bond acceptors (Lipinski definition) is 2. The summed E-state index contributed by atoms with van der Waals surface area (Å²) in [6, 6.07) is 61.4. The lowest BCUT2D eigenvalue weighted by atomic mass is 9.95. The minimum absolute atomic E-state index is 0.609. The monoisotopic (exact) mass is 692 g/mol. The van der Waals surface area contributed by atoms with Gasteiger partial charge in [-0.05, 0) is 93.6 Å². The molecular weight excluding hydrogens is 657 g/mol. The SMILES string of the molecule is CC=C=C(N=C(N=C(C)c1ccc2ccccc2c1)c1ccc2ccccc2c1)c1cccc2oc3cccc(-c4ccc(-c5ccccc5)cc4)c3c12. The second-order valence-corrected chi connectivity index (χ2v) is 13.4. The first-order valence-electron chi connectivity index (χ1n) is 18.3. The number of nitrogens with zero attached hydrogens (tertiary/aromatic N) is 2. The van der Waals surface area contributed by atoms with Crippen LogP contribution in [0.3, 0.4) is 0 Å². The Kier molecular flexibility index (Phi) is 8.61. The topological polar surface area (TPSA) is 37.9 Å². The molecule has 0 fully saturated rings. The molecule has 256 valence electrons. The summed E-state index contributed by atoms with van der Waals surface area (Å²) in [6.07, 6.45) is 1.92. The molecule has 0 atom stereocenters. The molecule has 3 heteroatoms. The second-order valence-electron chi connectivity index (χ2n) is 13.4. The number of rotatable bonds is 6. The Morgan fingerprint density at radius 1 is 0.500 bits per heavy atom. The predicted octanol–water partition coefficient (Wildman–Crippen LogP) is 13.7. The van der Waals surface area contributed by atoms with Crippen molar-refractivity contribution in [3.8, 4) is 22.3 Å². The van der Waals surface area contributed by atoms with Crippen LogP contribution in [0.4, 0.5) is 0 Å². The summed E-state index contributed by atoms with van der Waals surface area (Å²) in [6.45, 7) is 4.03. The zero-order chi connectivity index (χ0) is 36.4. The van der Waals surface area contributed by atoms with Gasteiger partial charge in [-0.3, -0.25) is 0 Å². The Labute approximate surface area is 314 Å². The van der Waals surface area contributed by atoms with E-state index in [9.17, 15) is 0 Å². The molecule has 0 bridgehead atoms. The van der Waals surface area contributed by atoms with Crippen LogP contribution in [0.2, 0.25) is 0 Å². The zero-order valence-electron chi connectivity index (χ0n) is 30.1. The van der Waals surface area contributed by atoms with E-state index in [0.717, 1.165) is 60.9 Å². The van der Waals surface area contributed by atoms with Crippen molar-refractivity contribution < 1.29 is 4.42 Å². The first kappa shape index (κ1) is 32.8. The average molecular weight is 693 g/mol. The molecule has 0 aliphatic carbocycles. The average Bonchev–Trinajstić information content (AvgIpc) is 3.62. The highest BCUT2D eigenvalue weighted by Crippen LogP contribution is 2.41. The minimum atomic E-state index is 0.609. The van der Waals surface area contributed by atoms with Gasteiger partial charge in [0, 0.05) is 27.6 Å². The lowest BCUT2D eigenvalue weighted by Gasteiger charge is -2.10. The maximum absolute atomic E-state index is 6.54. The Bertz CT molecular complexity index is 2980. The van der Waals surface area contributed by atoms with Crippen molar-refractivity contribution in [1.82, 2.24) is 0 Å². The fraction of sp³-hybridized carbons (Fsp3) is 0.0392. The van der Waals surface area contributed by atoms with Crippen LogP contribution in [0.1, 0.15) is 30.5 Å². The van der Waals surface area contributed by atoms with Crippen LogP contribution in [-0.4, -0.2) is 11.5 Å². The fourth-order valence-corrected chi connectivity index (χ4v) is 7.31. The van der Waals surface area contributed by atoms with Crippen LogP contribution < -0.4 is 0 Å². The largest absolute Gasteiger partial charge is 0.456 e. The molecule has 0 saturated carbocycles. The van der Waals surface area contributed by atoms with E-state index in [1.165, 1.54) is 27.3 Å². The number of allylic oxidation sites excluding steroid dienone is 1. The summed E-state index contributed by atoms with van der Waals surface area (Å²) >= 11 is 0. The predicted molar refractivity (Wildman–Crippen MR) is 228 cm³/mol. The van der Waals surface area contributed by atoms with Crippen molar-refractivity contribution >= 4 is 60.7 Å². The third-order valence-corrected chi connectivity index (χ3v) is 10.0. The lowest BCUT2D eigenvalue weighted by molar-refractivity contribution is 0.669. The molecule has 0 N–H and O–H groups in total. The maximum atomic E-state index is 6.54. The standard InChI is InChI=1S/C51H36N2O/c1-3-13-46(53-51(43-31-27-37-17-8-10-19-42(37)33-43)52-34(2)40-30-26-36-16-7-9-18-41(36)32-40)45-21-12-23-48-50(45)49-44(20-11-22-47(49)54-48)39-28-24-38(25-29-39)35-14-5-4-6-15-35/h3-12,14-33H,1-2H3. The van der Waals surface area contributed by atoms with Gasteiger partial charge in [0.1, 0.15) is 16.9 Å². The molecule has 9 aromatic rings. The van der Waals surface area contributed by atoms with E-state index >= 15 is 0 Å². The molecule has 0 radical (unpaired) electrons. The highest BCUT2D eigenvalue weighted by Gasteiger charge is 2.19. The summed E-state index contributed by atoms with van der Waals surface area (Å²) in [5.74, 6) is 0.609. The van der Waals surface area contributed by atoms with E-state index in [-0.39, 0.29) is 0 Å². The molecule has 3 nitrogen and oxygen atoms in total. The van der Waals surface area contributed by atoms with E-state index in [2.05, 4.69) is 164 Å². The van der Waals surface area contributed by atoms with E-state index in [4.69, 9.17) is 14.4 Å². The number of aliphatic imine (C=N–C) groups is 2. The highest BCUT2D eigenvalue weighted by molar-refractivity contribution is 6.18. The number of furan rings is 1. The van der Waals surface area contributed by atoms with Crippen LogP contribution in [0.15, 0.2) is 202 Å². The van der Waals surface area contributed by atoms with Gasteiger partial charge in [0.15, 0.2) is 5.84 Å². The number of amidine groups is 1. The van der Waals surface area contributed by atoms with E-state index in [0.29, 0.717) is 11.5 Å². The summed E-state index contributed by atoms with van der Waals surface area (Å²) in [7, 11) is 0. The molecule has 0 aliphatic rings. The van der Waals surface area contributed by atoms with Crippen LogP contribution in [0.5, 0.6) is 0 Å². The van der Waals surface area contributed by atoms with E-state index in [1.807, 2.05) is 37.3 Å². The first-order chi connectivity index (χ1) is 26.6.